The molecule has 2 saturated heterocycles. The van der Waals surface area contributed by atoms with E-state index in [1.165, 1.54) is 77.5 Å². The van der Waals surface area contributed by atoms with E-state index in [0.717, 1.165) is 18.3 Å². The summed E-state index contributed by atoms with van der Waals surface area (Å²) in [5.74, 6) is 0. The summed E-state index contributed by atoms with van der Waals surface area (Å²) < 4.78 is 2.15. The topological polar surface area (TPSA) is 37.2 Å². The van der Waals surface area contributed by atoms with Gasteiger partial charge in [0.1, 0.15) is 0 Å². The summed E-state index contributed by atoms with van der Waals surface area (Å²) in [7, 11) is 0. The van der Waals surface area contributed by atoms with Crippen LogP contribution in [-0.2, 0) is 6.54 Å². The van der Waals surface area contributed by atoms with Crippen LogP contribution in [0.5, 0.6) is 0 Å². The third-order valence-corrected chi connectivity index (χ3v) is 5.85. The van der Waals surface area contributed by atoms with Gasteiger partial charge in [0.05, 0.1) is 17.9 Å². The summed E-state index contributed by atoms with van der Waals surface area (Å²) in [6, 6.07) is 1.27. The third kappa shape index (κ3) is 4.79. The first-order chi connectivity index (χ1) is 11.8. The number of hydrogen-bond acceptors (Lipinski definition) is 4. The van der Waals surface area contributed by atoms with Gasteiger partial charge < -0.3 is 4.90 Å². The first kappa shape index (κ1) is 17.9. The molecule has 0 saturated carbocycles. The van der Waals surface area contributed by atoms with E-state index >= 15 is 0 Å². The highest BCUT2D eigenvalue weighted by Gasteiger charge is 2.24. The Labute approximate surface area is 147 Å². The molecule has 0 amide bonds. The molecule has 1 atom stereocenters. The molecule has 136 valence electrons. The SMILES string of the molecule is CCC[C@H](C)N1CCC(n2cc(CN3CCCCCC3)nn2)CC1. The predicted molar refractivity (Wildman–Crippen MR) is 98.0 cm³/mol. The van der Waals surface area contributed by atoms with Gasteiger partial charge in [-0.1, -0.05) is 31.4 Å². The Bertz CT molecular complexity index is 470. The van der Waals surface area contributed by atoms with Gasteiger partial charge in [-0.15, -0.1) is 5.10 Å². The highest BCUT2D eigenvalue weighted by Crippen LogP contribution is 2.24. The summed E-state index contributed by atoms with van der Waals surface area (Å²) >= 11 is 0. The molecule has 2 aliphatic heterocycles. The highest BCUT2D eigenvalue weighted by molar-refractivity contribution is 4.94. The fourth-order valence-electron chi connectivity index (χ4n) is 4.28. The fraction of sp³-hybridized carbons (Fsp3) is 0.895. The van der Waals surface area contributed by atoms with E-state index in [1.807, 2.05) is 0 Å². The molecule has 0 spiro atoms. The van der Waals surface area contributed by atoms with Crippen molar-refractivity contribution < 1.29 is 0 Å². The summed E-state index contributed by atoms with van der Waals surface area (Å²) in [6.07, 6.45) is 12.7. The van der Waals surface area contributed by atoms with Crippen molar-refractivity contribution in [2.75, 3.05) is 26.2 Å². The second-order valence-electron chi connectivity index (χ2n) is 7.79. The molecule has 3 rings (SSSR count). The number of likely N-dealkylation sites (tertiary alicyclic amines) is 2. The minimum atomic E-state index is 0.542. The van der Waals surface area contributed by atoms with E-state index in [0.29, 0.717) is 6.04 Å². The Morgan fingerprint density at radius 2 is 1.79 bits per heavy atom. The normalized spacial score (nSPS) is 23.2. The van der Waals surface area contributed by atoms with Crippen molar-refractivity contribution in [2.45, 2.75) is 83.8 Å². The lowest BCUT2D eigenvalue weighted by atomic mass is 10.0. The van der Waals surface area contributed by atoms with Crippen molar-refractivity contribution in [2.24, 2.45) is 0 Å². The average molecular weight is 334 g/mol. The highest BCUT2D eigenvalue weighted by atomic mass is 15.4. The summed E-state index contributed by atoms with van der Waals surface area (Å²) in [5, 5.41) is 8.91. The quantitative estimate of drug-likeness (QED) is 0.799. The monoisotopic (exact) mass is 333 g/mol. The number of rotatable bonds is 6. The van der Waals surface area contributed by atoms with Crippen LogP contribution in [0.4, 0.5) is 0 Å². The zero-order valence-corrected chi connectivity index (χ0v) is 15.7. The van der Waals surface area contributed by atoms with Gasteiger partial charge in [-0.25, -0.2) is 4.68 Å². The van der Waals surface area contributed by atoms with Crippen LogP contribution >= 0.6 is 0 Å². The third-order valence-electron chi connectivity index (χ3n) is 5.85. The number of nitrogens with zero attached hydrogens (tertiary/aromatic N) is 5. The van der Waals surface area contributed by atoms with Crippen LogP contribution in [0.25, 0.3) is 0 Å². The fourth-order valence-corrected chi connectivity index (χ4v) is 4.28. The van der Waals surface area contributed by atoms with E-state index in [2.05, 4.69) is 44.8 Å². The van der Waals surface area contributed by atoms with Crippen LogP contribution in [0.2, 0.25) is 0 Å². The van der Waals surface area contributed by atoms with Crippen LogP contribution in [0.15, 0.2) is 6.20 Å². The maximum atomic E-state index is 4.46. The van der Waals surface area contributed by atoms with E-state index in [9.17, 15) is 0 Å². The van der Waals surface area contributed by atoms with E-state index in [4.69, 9.17) is 0 Å². The summed E-state index contributed by atoms with van der Waals surface area (Å²) in [4.78, 5) is 5.20. The zero-order chi connectivity index (χ0) is 16.8. The van der Waals surface area contributed by atoms with Crippen molar-refractivity contribution in [1.29, 1.82) is 0 Å². The molecule has 1 aromatic heterocycles. The molecule has 24 heavy (non-hydrogen) atoms. The molecule has 0 aliphatic carbocycles. The van der Waals surface area contributed by atoms with Gasteiger partial charge >= 0.3 is 0 Å². The largest absolute Gasteiger partial charge is 0.301 e. The zero-order valence-electron chi connectivity index (χ0n) is 15.7. The molecule has 3 heterocycles. The lowest BCUT2D eigenvalue weighted by Gasteiger charge is -2.35. The molecule has 2 fully saturated rings. The predicted octanol–water partition coefficient (Wildman–Crippen LogP) is 3.48. The maximum Gasteiger partial charge on any atom is 0.0967 e. The standard InChI is InChI=1S/C19H35N5/c1-3-8-17(2)23-13-9-19(10-14-23)24-16-18(20-21-24)15-22-11-6-4-5-7-12-22/h16-17,19H,3-15H2,1-2H3/t17-/m0/s1. The second-order valence-corrected chi connectivity index (χ2v) is 7.79. The van der Waals surface area contributed by atoms with Crippen molar-refractivity contribution in [1.82, 2.24) is 24.8 Å². The van der Waals surface area contributed by atoms with Crippen LogP contribution in [0, 0.1) is 0 Å². The van der Waals surface area contributed by atoms with E-state index < -0.39 is 0 Å². The van der Waals surface area contributed by atoms with Crippen molar-refractivity contribution >= 4 is 0 Å². The van der Waals surface area contributed by atoms with Crippen LogP contribution in [0.1, 0.15) is 76.9 Å². The van der Waals surface area contributed by atoms with Gasteiger partial charge in [-0.2, -0.15) is 0 Å². The number of hydrogen-bond donors (Lipinski definition) is 0. The summed E-state index contributed by atoms with van der Waals surface area (Å²) in [5.41, 5.74) is 1.15. The molecule has 2 aliphatic rings. The van der Waals surface area contributed by atoms with Gasteiger partial charge in [-0.3, -0.25) is 4.90 Å². The lowest BCUT2D eigenvalue weighted by Crippen LogP contribution is -2.40. The molecule has 0 N–H and O–H groups in total. The molecule has 0 unspecified atom stereocenters. The second kappa shape index (κ2) is 8.95. The molecule has 1 aromatic rings. The van der Waals surface area contributed by atoms with Gasteiger partial charge in [0.2, 0.25) is 0 Å². The van der Waals surface area contributed by atoms with Crippen molar-refractivity contribution in [3.8, 4) is 0 Å². The van der Waals surface area contributed by atoms with Crippen molar-refractivity contribution in [3.05, 3.63) is 11.9 Å². The average Bonchev–Trinajstić information content (AvgIpc) is 2.91. The summed E-state index contributed by atoms with van der Waals surface area (Å²) in [6.45, 7) is 10.5. The van der Waals surface area contributed by atoms with E-state index in [1.54, 1.807) is 0 Å². The maximum absolute atomic E-state index is 4.46. The van der Waals surface area contributed by atoms with Gasteiger partial charge in [0.15, 0.2) is 0 Å². The van der Waals surface area contributed by atoms with E-state index in [-0.39, 0.29) is 0 Å². The Morgan fingerprint density at radius 3 is 2.46 bits per heavy atom. The Morgan fingerprint density at radius 1 is 1.08 bits per heavy atom. The molecule has 5 heteroatoms. The molecular weight excluding hydrogens is 298 g/mol. The molecular formula is C19H35N5. The van der Waals surface area contributed by atoms with Gasteiger partial charge in [-0.05, 0) is 52.1 Å². The first-order valence-electron chi connectivity index (χ1n) is 10.1. The number of aromatic nitrogens is 3. The molecule has 0 aromatic carbocycles. The van der Waals surface area contributed by atoms with Crippen LogP contribution in [-0.4, -0.2) is 57.0 Å². The molecule has 0 bridgehead atoms. The molecule has 0 radical (unpaired) electrons. The van der Waals surface area contributed by atoms with Crippen LogP contribution < -0.4 is 0 Å². The van der Waals surface area contributed by atoms with Crippen molar-refractivity contribution in [3.63, 3.8) is 0 Å². The van der Waals surface area contributed by atoms with Gasteiger partial charge in [0.25, 0.3) is 0 Å². The van der Waals surface area contributed by atoms with Gasteiger partial charge in [0, 0.05) is 25.7 Å². The first-order valence-corrected chi connectivity index (χ1v) is 10.1. The number of piperidine rings is 1. The van der Waals surface area contributed by atoms with Crippen LogP contribution in [0.3, 0.4) is 0 Å². The minimum Gasteiger partial charge on any atom is -0.301 e. The molecule has 5 nitrogen and oxygen atoms in total. The smallest absolute Gasteiger partial charge is 0.0967 e. The Balaban J connectivity index is 1.49. The minimum absolute atomic E-state index is 0.542. The lowest BCUT2D eigenvalue weighted by molar-refractivity contribution is 0.132. The Hall–Kier alpha value is -0.940. The Kier molecular flexibility index (Phi) is 6.67.